The average molecular weight is 346 g/mol. The van der Waals surface area contributed by atoms with Gasteiger partial charge in [0.1, 0.15) is 0 Å². The summed E-state index contributed by atoms with van der Waals surface area (Å²) in [7, 11) is -2.87. The zero-order valence-corrected chi connectivity index (χ0v) is 12.8. The summed E-state index contributed by atoms with van der Waals surface area (Å²) in [6.07, 6.45) is 0.644. The number of carbonyl (C=O) groups is 1. The molecule has 0 radical (unpaired) electrons. The van der Waals surface area contributed by atoms with Gasteiger partial charge in [0.05, 0.1) is 11.5 Å². The monoisotopic (exact) mass is 345 g/mol. The van der Waals surface area contributed by atoms with E-state index >= 15 is 0 Å². The van der Waals surface area contributed by atoms with Crippen LogP contribution in [0.1, 0.15) is 22.3 Å². The first-order valence-corrected chi connectivity index (χ1v) is 9.08. The van der Waals surface area contributed by atoms with E-state index in [1.165, 1.54) is 0 Å². The van der Waals surface area contributed by atoms with Gasteiger partial charge >= 0.3 is 0 Å². The number of alkyl halides is 1. The maximum absolute atomic E-state index is 11.9. The highest BCUT2D eigenvalue weighted by atomic mass is 79.9. The summed E-state index contributed by atoms with van der Waals surface area (Å²) in [5, 5.41) is 3.56. The summed E-state index contributed by atoms with van der Waals surface area (Å²) in [5.41, 5.74) is 1.71. The third-order valence-electron chi connectivity index (χ3n) is 3.25. The first kappa shape index (κ1) is 14.5. The van der Waals surface area contributed by atoms with Gasteiger partial charge in [0, 0.05) is 17.4 Å². The Kier molecular flexibility index (Phi) is 4.62. The molecule has 0 aliphatic carbocycles. The third-order valence-corrected chi connectivity index (χ3v) is 5.73. The van der Waals surface area contributed by atoms with E-state index in [4.69, 9.17) is 0 Å². The molecule has 1 saturated heterocycles. The first-order chi connectivity index (χ1) is 9.00. The number of nitrogens with one attached hydrogen (secondary N) is 1. The molecule has 1 N–H and O–H groups in total. The molecule has 104 valence electrons. The SMILES string of the molecule is O=C(NCC1CCS(=O)(=O)C1)c1ccc(CBr)cc1. The van der Waals surface area contributed by atoms with E-state index in [-0.39, 0.29) is 23.3 Å². The van der Waals surface area contributed by atoms with Crippen LogP contribution in [0.15, 0.2) is 24.3 Å². The van der Waals surface area contributed by atoms with Crippen molar-refractivity contribution in [3.8, 4) is 0 Å². The zero-order chi connectivity index (χ0) is 13.9. The number of halogens is 1. The van der Waals surface area contributed by atoms with Gasteiger partial charge in [-0.25, -0.2) is 8.42 Å². The Hall–Kier alpha value is -0.880. The maximum atomic E-state index is 11.9. The Labute approximate surface area is 121 Å². The highest BCUT2D eigenvalue weighted by molar-refractivity contribution is 9.08. The molecule has 4 nitrogen and oxygen atoms in total. The number of carbonyl (C=O) groups excluding carboxylic acids is 1. The number of benzene rings is 1. The second-order valence-corrected chi connectivity index (χ2v) is 7.60. The van der Waals surface area contributed by atoms with Crippen molar-refractivity contribution in [2.75, 3.05) is 18.1 Å². The van der Waals surface area contributed by atoms with Crippen LogP contribution in [0.3, 0.4) is 0 Å². The quantitative estimate of drug-likeness (QED) is 0.845. The van der Waals surface area contributed by atoms with Gasteiger partial charge in [-0.3, -0.25) is 4.79 Å². The Morgan fingerprint density at radius 2 is 2.00 bits per heavy atom. The van der Waals surface area contributed by atoms with Crippen LogP contribution in [-0.4, -0.2) is 32.4 Å². The van der Waals surface area contributed by atoms with Crippen molar-refractivity contribution in [1.29, 1.82) is 0 Å². The highest BCUT2D eigenvalue weighted by Crippen LogP contribution is 2.17. The molecule has 1 amide bonds. The molecule has 1 aliphatic rings. The normalized spacial score (nSPS) is 21.2. The molecule has 0 bridgehead atoms. The predicted octanol–water partition coefficient (Wildman–Crippen LogP) is 1.75. The summed E-state index contributed by atoms with van der Waals surface area (Å²) in [4.78, 5) is 11.9. The lowest BCUT2D eigenvalue weighted by atomic mass is 10.1. The molecule has 2 rings (SSSR count). The number of hydrogen-bond acceptors (Lipinski definition) is 3. The number of hydrogen-bond donors (Lipinski definition) is 1. The lowest BCUT2D eigenvalue weighted by molar-refractivity contribution is 0.0948. The lowest BCUT2D eigenvalue weighted by Gasteiger charge is -2.09. The number of amides is 1. The van der Waals surface area contributed by atoms with E-state index < -0.39 is 9.84 Å². The van der Waals surface area contributed by atoms with Crippen molar-refractivity contribution in [1.82, 2.24) is 5.32 Å². The zero-order valence-electron chi connectivity index (χ0n) is 10.4. The molecule has 1 unspecified atom stereocenters. The lowest BCUT2D eigenvalue weighted by Crippen LogP contribution is -2.29. The van der Waals surface area contributed by atoms with Crippen molar-refractivity contribution in [3.05, 3.63) is 35.4 Å². The Morgan fingerprint density at radius 3 is 2.53 bits per heavy atom. The largest absolute Gasteiger partial charge is 0.352 e. The van der Waals surface area contributed by atoms with E-state index in [0.29, 0.717) is 18.5 Å². The minimum absolute atomic E-state index is 0.0516. The van der Waals surface area contributed by atoms with Gasteiger partial charge in [-0.15, -0.1) is 0 Å². The molecule has 1 aliphatic heterocycles. The molecule has 1 atom stereocenters. The molecular formula is C13H16BrNO3S. The van der Waals surface area contributed by atoms with E-state index in [1.807, 2.05) is 12.1 Å². The minimum Gasteiger partial charge on any atom is -0.352 e. The molecule has 0 spiro atoms. The third kappa shape index (κ3) is 4.04. The second-order valence-electron chi connectivity index (χ2n) is 4.81. The van der Waals surface area contributed by atoms with Crippen LogP contribution in [-0.2, 0) is 15.2 Å². The van der Waals surface area contributed by atoms with Crippen molar-refractivity contribution < 1.29 is 13.2 Å². The molecule has 19 heavy (non-hydrogen) atoms. The Morgan fingerprint density at radius 1 is 1.32 bits per heavy atom. The fraction of sp³-hybridized carbons (Fsp3) is 0.462. The van der Waals surface area contributed by atoms with Crippen LogP contribution < -0.4 is 5.32 Å². The average Bonchev–Trinajstić information content (AvgIpc) is 2.76. The highest BCUT2D eigenvalue weighted by Gasteiger charge is 2.27. The molecule has 0 saturated carbocycles. The van der Waals surface area contributed by atoms with Crippen LogP contribution in [0.2, 0.25) is 0 Å². The van der Waals surface area contributed by atoms with Crippen LogP contribution >= 0.6 is 15.9 Å². The fourth-order valence-corrected chi connectivity index (χ4v) is 4.35. The van der Waals surface area contributed by atoms with Gasteiger partial charge in [0.2, 0.25) is 0 Å². The Bertz CT molecular complexity index is 554. The van der Waals surface area contributed by atoms with Gasteiger partial charge in [0.15, 0.2) is 9.84 Å². The molecule has 1 fully saturated rings. The summed E-state index contributed by atoms with van der Waals surface area (Å²) >= 11 is 3.35. The van der Waals surface area contributed by atoms with Crippen LogP contribution in [0.4, 0.5) is 0 Å². The van der Waals surface area contributed by atoms with Crippen LogP contribution in [0.25, 0.3) is 0 Å². The van der Waals surface area contributed by atoms with E-state index in [0.717, 1.165) is 10.9 Å². The van der Waals surface area contributed by atoms with E-state index in [2.05, 4.69) is 21.2 Å². The van der Waals surface area contributed by atoms with Gasteiger partial charge in [-0.05, 0) is 30.0 Å². The topological polar surface area (TPSA) is 63.2 Å². The van der Waals surface area contributed by atoms with Crippen molar-refractivity contribution in [3.63, 3.8) is 0 Å². The first-order valence-electron chi connectivity index (χ1n) is 6.14. The van der Waals surface area contributed by atoms with Crippen molar-refractivity contribution in [2.45, 2.75) is 11.8 Å². The molecule has 0 aromatic heterocycles. The maximum Gasteiger partial charge on any atom is 0.251 e. The van der Waals surface area contributed by atoms with Crippen molar-refractivity contribution >= 4 is 31.7 Å². The van der Waals surface area contributed by atoms with Gasteiger partial charge < -0.3 is 5.32 Å². The number of sulfone groups is 1. The van der Waals surface area contributed by atoms with Crippen LogP contribution in [0, 0.1) is 5.92 Å². The van der Waals surface area contributed by atoms with Gasteiger partial charge in [0.25, 0.3) is 5.91 Å². The molecule has 6 heteroatoms. The summed E-state index contributed by atoms with van der Waals surface area (Å²) in [5.74, 6) is 0.338. The van der Waals surface area contributed by atoms with E-state index in [1.54, 1.807) is 12.1 Å². The second kappa shape index (κ2) is 6.05. The standard InChI is InChI=1S/C13H16BrNO3S/c14-7-10-1-3-12(4-2-10)13(16)15-8-11-5-6-19(17,18)9-11/h1-4,11H,5-9H2,(H,15,16). The van der Waals surface area contributed by atoms with Crippen LogP contribution in [0.5, 0.6) is 0 Å². The molecule has 1 heterocycles. The molecular weight excluding hydrogens is 330 g/mol. The molecule has 1 aromatic carbocycles. The minimum atomic E-state index is -2.87. The number of rotatable bonds is 4. The fourth-order valence-electron chi connectivity index (χ4n) is 2.12. The summed E-state index contributed by atoms with van der Waals surface area (Å²) in [6, 6.07) is 7.34. The smallest absolute Gasteiger partial charge is 0.251 e. The van der Waals surface area contributed by atoms with Crippen molar-refractivity contribution in [2.24, 2.45) is 5.92 Å². The van der Waals surface area contributed by atoms with Gasteiger partial charge in [-0.2, -0.15) is 0 Å². The summed E-state index contributed by atoms with van der Waals surface area (Å²) < 4.78 is 22.6. The summed E-state index contributed by atoms with van der Waals surface area (Å²) in [6.45, 7) is 0.429. The molecule has 1 aromatic rings. The Balaban J connectivity index is 1.87. The predicted molar refractivity (Wildman–Crippen MR) is 78.2 cm³/mol. The van der Waals surface area contributed by atoms with Gasteiger partial charge in [-0.1, -0.05) is 28.1 Å². The van der Waals surface area contributed by atoms with E-state index in [9.17, 15) is 13.2 Å².